The van der Waals surface area contributed by atoms with E-state index >= 15 is 0 Å². The van der Waals surface area contributed by atoms with E-state index in [0.717, 1.165) is 9.13 Å². The first-order chi connectivity index (χ1) is 9.06. The monoisotopic (exact) mass is 372 g/mol. The van der Waals surface area contributed by atoms with E-state index in [2.05, 4.69) is 27.7 Å². The fourth-order valence-electron chi connectivity index (χ4n) is 1.68. The summed E-state index contributed by atoms with van der Waals surface area (Å²) in [4.78, 5) is 11.1. The SMILES string of the molecule is Cn1cc(CCOc2ccc(I)cc2C(=O)O)cn1. The highest BCUT2D eigenvalue weighted by Gasteiger charge is 2.11. The first kappa shape index (κ1) is 13.9. The average Bonchev–Trinajstić information content (AvgIpc) is 2.77. The summed E-state index contributed by atoms with van der Waals surface area (Å²) in [6, 6.07) is 5.11. The molecule has 0 aliphatic rings. The van der Waals surface area contributed by atoms with E-state index in [0.29, 0.717) is 18.8 Å². The van der Waals surface area contributed by atoms with Gasteiger partial charge >= 0.3 is 5.97 Å². The van der Waals surface area contributed by atoms with Crippen LogP contribution in [0.25, 0.3) is 0 Å². The third-order valence-corrected chi connectivity index (χ3v) is 3.25. The highest BCUT2D eigenvalue weighted by atomic mass is 127. The Morgan fingerprint density at radius 3 is 2.95 bits per heavy atom. The molecule has 0 atom stereocenters. The van der Waals surface area contributed by atoms with Crippen molar-refractivity contribution in [2.45, 2.75) is 6.42 Å². The third-order valence-electron chi connectivity index (χ3n) is 2.58. The zero-order chi connectivity index (χ0) is 13.8. The van der Waals surface area contributed by atoms with E-state index in [-0.39, 0.29) is 5.56 Å². The highest BCUT2D eigenvalue weighted by molar-refractivity contribution is 14.1. The lowest BCUT2D eigenvalue weighted by Gasteiger charge is -2.08. The number of aromatic nitrogens is 2. The third kappa shape index (κ3) is 3.69. The molecule has 1 heterocycles. The summed E-state index contributed by atoms with van der Waals surface area (Å²) < 4.78 is 8.14. The number of hydrogen-bond donors (Lipinski definition) is 1. The molecule has 1 aromatic heterocycles. The number of nitrogens with zero attached hydrogens (tertiary/aromatic N) is 2. The topological polar surface area (TPSA) is 64.3 Å². The van der Waals surface area contributed by atoms with Crippen LogP contribution in [0, 0.1) is 3.57 Å². The van der Waals surface area contributed by atoms with Gasteiger partial charge in [0, 0.05) is 23.2 Å². The van der Waals surface area contributed by atoms with Crippen molar-refractivity contribution in [2.24, 2.45) is 7.05 Å². The molecule has 0 aliphatic heterocycles. The van der Waals surface area contributed by atoms with Gasteiger partial charge in [-0.2, -0.15) is 5.10 Å². The average molecular weight is 372 g/mol. The van der Waals surface area contributed by atoms with Crippen molar-refractivity contribution in [3.05, 3.63) is 45.3 Å². The van der Waals surface area contributed by atoms with Crippen LogP contribution in [0.3, 0.4) is 0 Å². The van der Waals surface area contributed by atoms with Crippen molar-refractivity contribution in [2.75, 3.05) is 6.61 Å². The lowest BCUT2D eigenvalue weighted by molar-refractivity contribution is 0.0692. The number of hydrogen-bond acceptors (Lipinski definition) is 3. The number of carboxylic acid groups (broad SMARTS) is 1. The Hall–Kier alpha value is -1.57. The summed E-state index contributed by atoms with van der Waals surface area (Å²) in [7, 11) is 1.85. The molecular formula is C13H13IN2O3. The number of aromatic carboxylic acids is 1. The van der Waals surface area contributed by atoms with E-state index in [4.69, 9.17) is 9.84 Å². The number of aryl methyl sites for hydroxylation is 1. The molecule has 1 aromatic carbocycles. The Labute approximate surface area is 124 Å². The predicted molar refractivity (Wildman–Crippen MR) is 78.5 cm³/mol. The number of ether oxygens (including phenoxy) is 1. The molecule has 0 bridgehead atoms. The normalized spacial score (nSPS) is 10.4. The van der Waals surface area contributed by atoms with Crippen molar-refractivity contribution in [3.8, 4) is 5.75 Å². The maximum atomic E-state index is 11.1. The first-order valence-corrected chi connectivity index (χ1v) is 6.77. The van der Waals surface area contributed by atoms with E-state index in [9.17, 15) is 4.79 Å². The molecule has 0 radical (unpaired) electrons. The molecule has 2 aromatic rings. The second-order valence-electron chi connectivity index (χ2n) is 4.07. The summed E-state index contributed by atoms with van der Waals surface area (Å²) >= 11 is 2.08. The molecule has 100 valence electrons. The van der Waals surface area contributed by atoms with Gasteiger partial charge in [0.05, 0.1) is 12.8 Å². The fraction of sp³-hybridized carbons (Fsp3) is 0.231. The lowest BCUT2D eigenvalue weighted by Crippen LogP contribution is -2.06. The zero-order valence-electron chi connectivity index (χ0n) is 10.3. The highest BCUT2D eigenvalue weighted by Crippen LogP contribution is 2.21. The molecule has 0 fully saturated rings. The molecule has 0 spiro atoms. The van der Waals surface area contributed by atoms with Crippen LogP contribution in [-0.2, 0) is 13.5 Å². The molecule has 1 N–H and O–H groups in total. The van der Waals surface area contributed by atoms with Gasteiger partial charge in [0.25, 0.3) is 0 Å². The molecule has 0 unspecified atom stereocenters. The maximum Gasteiger partial charge on any atom is 0.339 e. The maximum absolute atomic E-state index is 11.1. The van der Waals surface area contributed by atoms with Crippen LogP contribution in [-0.4, -0.2) is 27.5 Å². The van der Waals surface area contributed by atoms with Gasteiger partial charge in [-0.15, -0.1) is 0 Å². The second-order valence-corrected chi connectivity index (χ2v) is 5.31. The van der Waals surface area contributed by atoms with Crippen LogP contribution in [0.2, 0.25) is 0 Å². The van der Waals surface area contributed by atoms with Gasteiger partial charge in [-0.05, 0) is 46.4 Å². The summed E-state index contributed by atoms with van der Waals surface area (Å²) in [5, 5.41) is 13.2. The Bertz CT molecular complexity index is 595. The molecule has 2 rings (SSSR count). The Morgan fingerprint density at radius 2 is 2.32 bits per heavy atom. The quantitative estimate of drug-likeness (QED) is 0.819. The second kappa shape index (κ2) is 6.05. The summed E-state index contributed by atoms with van der Waals surface area (Å²) in [5.74, 6) is -0.577. The summed E-state index contributed by atoms with van der Waals surface area (Å²) in [5.41, 5.74) is 1.25. The van der Waals surface area contributed by atoms with E-state index in [1.807, 2.05) is 19.3 Å². The number of benzene rings is 1. The van der Waals surface area contributed by atoms with Crippen LogP contribution in [0.1, 0.15) is 15.9 Å². The lowest BCUT2D eigenvalue weighted by atomic mass is 10.2. The zero-order valence-corrected chi connectivity index (χ0v) is 12.5. The van der Waals surface area contributed by atoms with Gasteiger partial charge in [0.15, 0.2) is 0 Å². The van der Waals surface area contributed by atoms with Gasteiger partial charge in [-0.1, -0.05) is 0 Å². The van der Waals surface area contributed by atoms with Gasteiger partial charge in [-0.3, -0.25) is 4.68 Å². The molecule has 6 heteroatoms. The summed E-state index contributed by atoms with van der Waals surface area (Å²) in [6.45, 7) is 0.423. The largest absolute Gasteiger partial charge is 0.492 e. The van der Waals surface area contributed by atoms with Crippen LogP contribution < -0.4 is 4.74 Å². The fourth-order valence-corrected chi connectivity index (χ4v) is 2.17. The van der Waals surface area contributed by atoms with Gasteiger partial charge in [0.2, 0.25) is 0 Å². The first-order valence-electron chi connectivity index (χ1n) is 5.69. The molecule has 19 heavy (non-hydrogen) atoms. The minimum absolute atomic E-state index is 0.193. The van der Waals surface area contributed by atoms with Gasteiger partial charge in [0.1, 0.15) is 11.3 Å². The van der Waals surface area contributed by atoms with Gasteiger partial charge < -0.3 is 9.84 Å². The van der Waals surface area contributed by atoms with E-state index < -0.39 is 5.97 Å². The number of rotatable bonds is 5. The minimum Gasteiger partial charge on any atom is -0.492 e. The van der Waals surface area contributed by atoms with Crippen LogP contribution >= 0.6 is 22.6 Å². The Kier molecular flexibility index (Phi) is 4.41. The van der Waals surface area contributed by atoms with Crippen molar-refractivity contribution in [3.63, 3.8) is 0 Å². The van der Waals surface area contributed by atoms with Crippen LogP contribution in [0.5, 0.6) is 5.75 Å². The van der Waals surface area contributed by atoms with Crippen molar-refractivity contribution >= 4 is 28.6 Å². The standard InChI is InChI=1S/C13H13IN2O3/c1-16-8-9(7-15-16)4-5-19-12-3-2-10(14)6-11(12)13(17)18/h2-3,6-8H,4-5H2,1H3,(H,17,18). The predicted octanol–water partition coefficient (Wildman–Crippen LogP) is 2.34. The van der Waals surface area contributed by atoms with Gasteiger partial charge in [-0.25, -0.2) is 4.79 Å². The molecule has 0 saturated heterocycles. The van der Waals surface area contributed by atoms with Crippen LogP contribution in [0.4, 0.5) is 0 Å². The molecule has 5 nitrogen and oxygen atoms in total. The van der Waals surface area contributed by atoms with Crippen molar-refractivity contribution in [1.29, 1.82) is 0 Å². The summed E-state index contributed by atoms with van der Waals surface area (Å²) in [6.07, 6.45) is 4.38. The molecule has 0 aliphatic carbocycles. The number of carboxylic acids is 1. The molecule has 0 saturated carbocycles. The minimum atomic E-state index is -0.977. The molecular weight excluding hydrogens is 359 g/mol. The molecule has 0 amide bonds. The van der Waals surface area contributed by atoms with Crippen molar-refractivity contribution in [1.82, 2.24) is 9.78 Å². The Morgan fingerprint density at radius 1 is 1.53 bits per heavy atom. The Balaban J connectivity index is 2.01. The number of halogens is 1. The van der Waals surface area contributed by atoms with Crippen LogP contribution in [0.15, 0.2) is 30.6 Å². The van der Waals surface area contributed by atoms with Crippen molar-refractivity contribution < 1.29 is 14.6 Å². The van der Waals surface area contributed by atoms with E-state index in [1.165, 1.54) is 0 Å². The smallest absolute Gasteiger partial charge is 0.339 e. The number of carbonyl (C=O) groups is 1. The van der Waals surface area contributed by atoms with E-state index in [1.54, 1.807) is 23.0 Å².